The highest BCUT2D eigenvalue weighted by atomic mass is 16.2. The SMILES string of the molecule is Cc1cc2nc3n(c(=O)c2n1CC(=O)N[C@H]1CCc2ccccc21)CCCCC3. The van der Waals surface area contributed by atoms with Gasteiger partial charge in [0.2, 0.25) is 5.91 Å². The van der Waals surface area contributed by atoms with E-state index in [4.69, 9.17) is 4.98 Å². The molecule has 1 aliphatic heterocycles. The third-order valence-corrected chi connectivity index (χ3v) is 6.34. The number of aryl methyl sites for hydroxylation is 3. The zero-order chi connectivity index (χ0) is 20.0. The molecule has 0 fully saturated rings. The summed E-state index contributed by atoms with van der Waals surface area (Å²) in [6.07, 6.45) is 5.96. The van der Waals surface area contributed by atoms with Crippen LogP contribution in [0.4, 0.5) is 0 Å². The Bertz CT molecular complexity index is 1160. The molecule has 0 saturated carbocycles. The number of nitrogens with one attached hydrogen (secondary N) is 1. The van der Waals surface area contributed by atoms with Crippen LogP contribution in [0.15, 0.2) is 35.1 Å². The molecule has 3 aromatic rings. The molecule has 29 heavy (non-hydrogen) atoms. The largest absolute Gasteiger partial charge is 0.348 e. The standard InChI is InChI=1S/C23H26N4O2/c1-15-13-19-22(23(29)26-12-6-2-3-9-20(26)24-19)27(15)14-21(28)25-18-11-10-16-7-4-5-8-17(16)18/h4-5,7-8,13,18H,2-3,6,9-12,14H2,1H3,(H,25,28)/t18-/m0/s1. The van der Waals surface area contributed by atoms with Gasteiger partial charge in [-0.05, 0) is 49.8 Å². The van der Waals surface area contributed by atoms with Gasteiger partial charge in [-0.25, -0.2) is 4.98 Å². The maximum atomic E-state index is 13.2. The van der Waals surface area contributed by atoms with Crippen molar-refractivity contribution in [3.8, 4) is 0 Å². The zero-order valence-corrected chi connectivity index (χ0v) is 16.8. The van der Waals surface area contributed by atoms with Crippen LogP contribution in [0.2, 0.25) is 0 Å². The lowest BCUT2D eigenvalue weighted by atomic mass is 10.1. The van der Waals surface area contributed by atoms with E-state index in [0.717, 1.165) is 50.0 Å². The molecule has 150 valence electrons. The first-order valence-corrected chi connectivity index (χ1v) is 10.6. The Balaban J connectivity index is 1.45. The fourth-order valence-corrected chi connectivity index (χ4v) is 4.86. The summed E-state index contributed by atoms with van der Waals surface area (Å²) in [5, 5.41) is 3.17. The molecule has 6 heteroatoms. The number of nitrogens with zero attached hydrogens (tertiary/aromatic N) is 3. The number of aromatic nitrogens is 3. The van der Waals surface area contributed by atoms with Gasteiger partial charge in [-0.2, -0.15) is 0 Å². The average Bonchev–Trinajstić information content (AvgIpc) is 3.14. The molecule has 5 rings (SSSR count). The smallest absolute Gasteiger partial charge is 0.278 e. The van der Waals surface area contributed by atoms with Gasteiger partial charge in [0.25, 0.3) is 5.56 Å². The molecule has 0 spiro atoms. The van der Waals surface area contributed by atoms with Crippen molar-refractivity contribution in [3.05, 3.63) is 63.3 Å². The second-order valence-electron chi connectivity index (χ2n) is 8.26. The molecule has 3 heterocycles. The van der Waals surface area contributed by atoms with E-state index in [2.05, 4.69) is 17.4 Å². The van der Waals surface area contributed by atoms with Crippen LogP contribution in [-0.2, 0) is 30.7 Å². The van der Waals surface area contributed by atoms with Crippen LogP contribution in [-0.4, -0.2) is 20.0 Å². The van der Waals surface area contributed by atoms with Crippen LogP contribution in [0.1, 0.15) is 54.4 Å². The van der Waals surface area contributed by atoms with Gasteiger partial charge in [0.15, 0.2) is 0 Å². The molecule has 0 unspecified atom stereocenters. The molecule has 2 aliphatic rings. The molecule has 1 atom stereocenters. The Hall–Kier alpha value is -2.89. The van der Waals surface area contributed by atoms with Crippen molar-refractivity contribution < 1.29 is 4.79 Å². The Morgan fingerprint density at radius 1 is 1.21 bits per heavy atom. The van der Waals surface area contributed by atoms with Gasteiger partial charge < -0.3 is 9.88 Å². The number of carbonyl (C=O) groups excluding carboxylic acids is 1. The second kappa shape index (κ2) is 7.17. The van der Waals surface area contributed by atoms with Crippen molar-refractivity contribution in [1.82, 2.24) is 19.4 Å². The van der Waals surface area contributed by atoms with Crippen LogP contribution in [0.25, 0.3) is 11.0 Å². The quantitative estimate of drug-likeness (QED) is 0.747. The lowest BCUT2D eigenvalue weighted by molar-refractivity contribution is -0.122. The van der Waals surface area contributed by atoms with Gasteiger partial charge in [0.1, 0.15) is 17.9 Å². The number of carbonyl (C=O) groups is 1. The molecule has 0 bridgehead atoms. The van der Waals surface area contributed by atoms with Crippen molar-refractivity contribution in [1.29, 1.82) is 0 Å². The summed E-state index contributed by atoms with van der Waals surface area (Å²) in [4.78, 5) is 30.9. The first-order valence-electron chi connectivity index (χ1n) is 10.6. The van der Waals surface area contributed by atoms with Crippen molar-refractivity contribution in [2.45, 2.75) is 64.6 Å². The van der Waals surface area contributed by atoms with Crippen molar-refractivity contribution in [2.24, 2.45) is 0 Å². The molecule has 6 nitrogen and oxygen atoms in total. The van der Waals surface area contributed by atoms with Gasteiger partial charge in [-0.1, -0.05) is 30.7 Å². The molecule has 0 saturated heterocycles. The minimum atomic E-state index is -0.0633. The average molecular weight is 390 g/mol. The first kappa shape index (κ1) is 18.2. The lowest BCUT2D eigenvalue weighted by Crippen LogP contribution is -2.32. The highest BCUT2D eigenvalue weighted by molar-refractivity contribution is 5.82. The summed E-state index contributed by atoms with van der Waals surface area (Å²) in [6.45, 7) is 2.80. The normalized spacial score (nSPS) is 18.3. The summed E-state index contributed by atoms with van der Waals surface area (Å²) in [5.41, 5.74) is 4.66. The summed E-state index contributed by atoms with van der Waals surface area (Å²) in [5.74, 6) is 0.816. The van der Waals surface area contributed by atoms with Crippen molar-refractivity contribution in [3.63, 3.8) is 0 Å². The van der Waals surface area contributed by atoms with E-state index >= 15 is 0 Å². The Labute approximate surface area is 169 Å². The Morgan fingerprint density at radius 2 is 2.07 bits per heavy atom. The van der Waals surface area contributed by atoms with Crippen LogP contribution in [0, 0.1) is 6.92 Å². The van der Waals surface area contributed by atoms with E-state index in [9.17, 15) is 9.59 Å². The molecular weight excluding hydrogens is 364 g/mol. The Kier molecular flexibility index (Phi) is 4.49. The highest BCUT2D eigenvalue weighted by Gasteiger charge is 2.24. The number of amides is 1. The zero-order valence-electron chi connectivity index (χ0n) is 16.8. The third-order valence-electron chi connectivity index (χ3n) is 6.34. The Morgan fingerprint density at radius 3 is 2.97 bits per heavy atom. The predicted octanol–water partition coefficient (Wildman–Crippen LogP) is 3.04. The molecule has 2 aromatic heterocycles. The molecule has 1 amide bonds. The predicted molar refractivity (Wildman–Crippen MR) is 112 cm³/mol. The minimum Gasteiger partial charge on any atom is -0.348 e. The number of fused-ring (bicyclic) bond motifs is 3. The van der Waals surface area contributed by atoms with E-state index in [1.54, 1.807) is 0 Å². The second-order valence-corrected chi connectivity index (χ2v) is 8.26. The van der Waals surface area contributed by atoms with Gasteiger partial charge in [-0.3, -0.25) is 14.2 Å². The monoisotopic (exact) mass is 390 g/mol. The molecule has 0 radical (unpaired) electrons. The molecule has 1 N–H and O–H groups in total. The van der Waals surface area contributed by atoms with Gasteiger partial charge in [-0.15, -0.1) is 0 Å². The topological polar surface area (TPSA) is 68.9 Å². The number of hydrogen-bond acceptors (Lipinski definition) is 3. The van der Waals surface area contributed by atoms with Gasteiger partial charge in [0, 0.05) is 18.7 Å². The van der Waals surface area contributed by atoms with Crippen molar-refractivity contribution >= 4 is 16.9 Å². The van der Waals surface area contributed by atoms with Crippen LogP contribution in [0.3, 0.4) is 0 Å². The van der Waals surface area contributed by atoms with Gasteiger partial charge >= 0.3 is 0 Å². The van der Waals surface area contributed by atoms with E-state index < -0.39 is 0 Å². The summed E-state index contributed by atoms with van der Waals surface area (Å²) >= 11 is 0. The number of rotatable bonds is 3. The van der Waals surface area contributed by atoms with Crippen LogP contribution < -0.4 is 10.9 Å². The maximum absolute atomic E-state index is 13.2. The first-order chi connectivity index (χ1) is 14.1. The minimum absolute atomic E-state index is 0.0148. The van der Waals surface area contributed by atoms with Crippen molar-refractivity contribution in [2.75, 3.05) is 0 Å². The summed E-state index contributed by atoms with van der Waals surface area (Å²) in [6, 6.07) is 10.3. The fourth-order valence-electron chi connectivity index (χ4n) is 4.86. The number of benzene rings is 1. The maximum Gasteiger partial charge on any atom is 0.278 e. The van der Waals surface area contributed by atoms with E-state index in [-0.39, 0.29) is 24.1 Å². The molecule has 1 aliphatic carbocycles. The third kappa shape index (κ3) is 3.16. The lowest BCUT2D eigenvalue weighted by Gasteiger charge is -2.16. The van der Waals surface area contributed by atoms with Crippen LogP contribution >= 0.6 is 0 Å². The van der Waals surface area contributed by atoms with E-state index in [1.165, 1.54) is 11.1 Å². The summed E-state index contributed by atoms with van der Waals surface area (Å²) in [7, 11) is 0. The van der Waals surface area contributed by atoms with Gasteiger partial charge in [0.05, 0.1) is 11.6 Å². The molecule has 1 aromatic carbocycles. The van der Waals surface area contributed by atoms with Crippen LogP contribution in [0.5, 0.6) is 0 Å². The highest BCUT2D eigenvalue weighted by Crippen LogP contribution is 2.30. The molecular formula is C23H26N4O2. The van der Waals surface area contributed by atoms with E-state index in [0.29, 0.717) is 17.6 Å². The fraction of sp³-hybridized carbons (Fsp3) is 0.435. The summed E-state index contributed by atoms with van der Waals surface area (Å²) < 4.78 is 3.65. The van der Waals surface area contributed by atoms with E-state index in [1.807, 2.05) is 34.3 Å². The number of hydrogen-bond donors (Lipinski definition) is 1.